The number of hydrogen-bond donors (Lipinski definition) is 2. The van der Waals surface area contributed by atoms with Gasteiger partial charge < -0.3 is 25.8 Å². The van der Waals surface area contributed by atoms with Crippen molar-refractivity contribution in [2.75, 3.05) is 37.1 Å². The number of carbonyl (C=O) groups is 3. The molecule has 186 valence electrons. The van der Waals surface area contributed by atoms with Crippen molar-refractivity contribution in [2.24, 2.45) is 12.2 Å². The largest absolute Gasteiger partial charge is 0.543 e. The van der Waals surface area contributed by atoms with Crippen LogP contribution in [0.5, 0.6) is 0 Å². The first-order chi connectivity index (χ1) is 16.6. The van der Waals surface area contributed by atoms with Gasteiger partial charge in [-0.25, -0.2) is 9.55 Å². The van der Waals surface area contributed by atoms with Crippen LogP contribution in [0.1, 0.15) is 11.4 Å². The number of fused-ring (bicyclic) bond motifs is 1. The summed E-state index contributed by atoms with van der Waals surface area (Å²) < 4.78 is 2.01. The second kappa shape index (κ2) is 9.83. The molecule has 1 saturated heterocycles. The second-order valence-corrected chi connectivity index (χ2v) is 10.7. The van der Waals surface area contributed by atoms with E-state index in [1.807, 2.05) is 35.9 Å². The number of thioether (sulfide) groups is 1. The molecule has 35 heavy (non-hydrogen) atoms. The molecule has 1 fully saturated rings. The minimum Gasteiger partial charge on any atom is -0.543 e. The number of carbonyl (C=O) groups excluding carboxylic acids is 3. The Morgan fingerprint density at radius 3 is 2.74 bits per heavy atom. The summed E-state index contributed by atoms with van der Waals surface area (Å²) in [5.74, 6) is -2.28. The van der Waals surface area contributed by atoms with Gasteiger partial charge in [-0.1, -0.05) is 16.5 Å². The number of hydrogen-bond acceptors (Lipinski definition) is 12. The Hall–Kier alpha value is -3.17. The Balaban J connectivity index is 1.52. The predicted octanol–water partition coefficient (Wildman–Crippen LogP) is -1.19. The number of oxime groups is 1. The van der Waals surface area contributed by atoms with Gasteiger partial charge in [0.25, 0.3) is 11.8 Å². The SMILES string of the molecule is CO/N=C(\C(=O)NC1C(=O)N2C(C(=O)[O-])=C(CN(C)c3scc(C)[n+]3C)CSC12)c1csc(N)n1. The molecule has 2 aliphatic heterocycles. The molecule has 2 atom stereocenters. The standard InChI is InChI=1S/C20H23N7O5S3/c1-9-6-35-20(26(9)3)25(2)5-10-7-33-17-13(16(29)27(17)14(10)18(30)31)23-15(28)12(24-32-4)11-8-34-19(21)22-11/h6,8,13,17H,5,7H2,1-4H3,(H3-,21,22,23,28,30,31)/b24-12-. The first kappa shape index (κ1) is 24.9. The maximum Gasteiger partial charge on any atom is 0.335 e. The van der Waals surface area contributed by atoms with Crippen LogP contribution in [0.2, 0.25) is 0 Å². The normalized spacial score (nSPS) is 19.8. The molecule has 2 unspecified atom stereocenters. The lowest BCUT2D eigenvalue weighted by Gasteiger charge is -2.50. The van der Waals surface area contributed by atoms with Crippen LogP contribution in [0, 0.1) is 6.92 Å². The first-order valence-electron chi connectivity index (χ1n) is 10.3. The summed E-state index contributed by atoms with van der Waals surface area (Å²) in [6.07, 6.45) is 0. The zero-order chi connectivity index (χ0) is 25.4. The number of aromatic nitrogens is 2. The number of β-lactam (4-membered cyclic amide) rings is 1. The highest BCUT2D eigenvalue weighted by Gasteiger charge is 2.53. The van der Waals surface area contributed by atoms with E-state index in [-0.39, 0.29) is 22.2 Å². The van der Waals surface area contributed by atoms with Crippen molar-refractivity contribution >= 4 is 68.2 Å². The quantitative estimate of drug-likeness (QED) is 0.183. The van der Waals surface area contributed by atoms with Crippen molar-refractivity contribution in [3.05, 3.63) is 33.4 Å². The molecule has 0 aromatic carbocycles. The Morgan fingerprint density at radius 1 is 1.43 bits per heavy atom. The molecule has 0 spiro atoms. The van der Waals surface area contributed by atoms with Gasteiger partial charge in [-0.05, 0) is 6.92 Å². The molecular weight excluding hydrogens is 514 g/mol. The number of carboxylic acids is 1. The van der Waals surface area contributed by atoms with Crippen LogP contribution in [0.3, 0.4) is 0 Å². The summed E-state index contributed by atoms with van der Waals surface area (Å²) in [6, 6.07) is -0.933. The number of amides is 2. The average Bonchev–Trinajstić information content (AvgIpc) is 3.39. The minimum atomic E-state index is -1.43. The highest BCUT2D eigenvalue weighted by atomic mass is 32.2. The minimum absolute atomic E-state index is 0.135. The summed E-state index contributed by atoms with van der Waals surface area (Å²) in [5, 5.41) is 22.6. The fourth-order valence-electron chi connectivity index (χ4n) is 3.84. The molecular formula is C20H23N7O5S3. The Labute approximate surface area is 213 Å². The van der Waals surface area contributed by atoms with Gasteiger partial charge in [0.1, 0.15) is 36.5 Å². The smallest absolute Gasteiger partial charge is 0.335 e. The zero-order valence-electron chi connectivity index (χ0n) is 19.3. The van der Waals surface area contributed by atoms with Crippen molar-refractivity contribution in [3.63, 3.8) is 0 Å². The molecule has 4 heterocycles. The maximum absolute atomic E-state index is 13.0. The second-order valence-electron chi connectivity index (χ2n) is 7.87. The molecule has 4 rings (SSSR count). The summed E-state index contributed by atoms with van der Waals surface area (Å²) in [6.45, 7) is 2.30. The lowest BCUT2D eigenvalue weighted by atomic mass is 10.0. The van der Waals surface area contributed by atoms with Gasteiger partial charge >= 0.3 is 5.13 Å². The fraction of sp³-hybridized carbons (Fsp3) is 0.400. The van der Waals surface area contributed by atoms with Crippen LogP contribution in [0.4, 0.5) is 10.3 Å². The molecule has 0 bridgehead atoms. The third-order valence-corrected chi connectivity index (χ3v) is 8.86. The molecule has 15 heteroatoms. The maximum atomic E-state index is 13.0. The lowest BCUT2D eigenvalue weighted by Crippen LogP contribution is -2.71. The highest BCUT2D eigenvalue weighted by molar-refractivity contribution is 8.00. The predicted molar refractivity (Wildman–Crippen MR) is 131 cm³/mol. The third-order valence-electron chi connectivity index (χ3n) is 5.59. The van der Waals surface area contributed by atoms with Crippen LogP contribution in [0.15, 0.2) is 27.2 Å². The van der Waals surface area contributed by atoms with E-state index in [1.54, 1.807) is 16.7 Å². The van der Waals surface area contributed by atoms with Gasteiger partial charge in [-0.3, -0.25) is 19.4 Å². The molecule has 0 radical (unpaired) electrons. The van der Waals surface area contributed by atoms with E-state index in [1.165, 1.54) is 23.8 Å². The van der Waals surface area contributed by atoms with Crippen LogP contribution in [-0.4, -0.2) is 71.3 Å². The topological polar surface area (TPSA) is 157 Å². The van der Waals surface area contributed by atoms with Gasteiger partial charge in [0.15, 0.2) is 10.8 Å². The highest BCUT2D eigenvalue weighted by Crippen LogP contribution is 2.40. The van der Waals surface area contributed by atoms with Crippen LogP contribution < -0.4 is 25.6 Å². The summed E-state index contributed by atoms with van der Waals surface area (Å²) in [5.41, 5.74) is 7.22. The van der Waals surface area contributed by atoms with Gasteiger partial charge in [-0.2, -0.15) is 0 Å². The van der Waals surface area contributed by atoms with Crippen molar-refractivity contribution in [1.82, 2.24) is 15.2 Å². The number of likely N-dealkylation sites (N-methyl/N-ethyl adjacent to an activating group) is 1. The third kappa shape index (κ3) is 4.58. The van der Waals surface area contributed by atoms with Gasteiger partial charge in [0.2, 0.25) is 0 Å². The number of nitrogens with two attached hydrogens (primary N) is 1. The zero-order valence-corrected chi connectivity index (χ0v) is 21.8. The molecule has 0 saturated carbocycles. The van der Waals surface area contributed by atoms with Crippen LogP contribution >= 0.6 is 34.4 Å². The molecule has 2 aromatic rings. The van der Waals surface area contributed by atoms with Gasteiger partial charge in [0, 0.05) is 22.1 Å². The Kier molecular flexibility index (Phi) is 7.00. The van der Waals surface area contributed by atoms with E-state index in [2.05, 4.69) is 15.5 Å². The number of nitrogen functional groups attached to an aromatic ring is 1. The summed E-state index contributed by atoms with van der Waals surface area (Å²) >= 11 is 4.05. The van der Waals surface area contributed by atoms with E-state index in [4.69, 9.17) is 10.6 Å². The summed E-state index contributed by atoms with van der Waals surface area (Å²) in [7, 11) is 5.08. The van der Waals surface area contributed by atoms with E-state index in [0.717, 1.165) is 22.2 Å². The van der Waals surface area contributed by atoms with Gasteiger partial charge in [0.05, 0.1) is 25.8 Å². The number of carboxylic acid groups (broad SMARTS) is 1. The first-order valence-corrected chi connectivity index (χ1v) is 13.1. The van der Waals surface area contributed by atoms with Gasteiger partial charge in [-0.15, -0.1) is 23.1 Å². The summed E-state index contributed by atoms with van der Waals surface area (Å²) in [4.78, 5) is 49.8. The molecule has 2 aliphatic rings. The van der Waals surface area contributed by atoms with E-state index in [0.29, 0.717) is 17.9 Å². The van der Waals surface area contributed by atoms with Crippen LogP contribution in [0.25, 0.3) is 0 Å². The molecule has 3 N–H and O–H groups in total. The number of nitrogens with zero attached hydrogens (tertiary/aromatic N) is 5. The average molecular weight is 538 g/mol. The molecule has 0 aliphatic carbocycles. The number of anilines is 2. The van der Waals surface area contributed by atoms with Crippen molar-refractivity contribution in [1.29, 1.82) is 0 Å². The van der Waals surface area contributed by atoms with E-state index < -0.39 is 29.2 Å². The number of aryl methyl sites for hydroxylation is 1. The number of rotatable bonds is 8. The number of aliphatic carboxylic acids is 1. The number of thiazole rings is 2. The Bertz CT molecular complexity index is 1250. The molecule has 12 nitrogen and oxygen atoms in total. The Morgan fingerprint density at radius 2 is 2.17 bits per heavy atom. The van der Waals surface area contributed by atoms with Crippen molar-refractivity contribution in [3.8, 4) is 0 Å². The van der Waals surface area contributed by atoms with E-state index >= 15 is 0 Å². The number of nitrogens with one attached hydrogen (secondary N) is 1. The lowest BCUT2D eigenvalue weighted by molar-refractivity contribution is -0.660. The van der Waals surface area contributed by atoms with Crippen LogP contribution in [-0.2, 0) is 26.3 Å². The van der Waals surface area contributed by atoms with Crippen molar-refractivity contribution < 1.29 is 28.9 Å². The molecule has 2 aromatic heterocycles. The van der Waals surface area contributed by atoms with Crippen molar-refractivity contribution in [2.45, 2.75) is 18.3 Å². The monoisotopic (exact) mass is 537 g/mol. The molecule has 2 amide bonds. The fourth-order valence-corrected chi connectivity index (χ4v) is 6.71. The van der Waals surface area contributed by atoms with E-state index in [9.17, 15) is 19.5 Å².